The largest absolute Gasteiger partial charge is 0.264 e. The van der Waals surface area contributed by atoms with Crippen molar-refractivity contribution in [3.05, 3.63) is 45.7 Å². The number of hydrogen-bond acceptors (Lipinski definition) is 2. The van der Waals surface area contributed by atoms with E-state index in [-0.39, 0.29) is 0 Å². The Bertz CT molecular complexity index is 443. The molecule has 0 radical (unpaired) electrons. The first-order valence-corrected chi connectivity index (χ1v) is 5.58. The number of aromatic nitrogens is 2. The Balaban J connectivity index is 2.58. The molecule has 2 nitrogen and oxygen atoms in total. The topological polar surface area (TPSA) is 25.8 Å². The van der Waals surface area contributed by atoms with Gasteiger partial charge in [-0.15, -0.1) is 0 Å². The molecule has 0 fully saturated rings. The molecule has 0 aliphatic carbocycles. The summed E-state index contributed by atoms with van der Waals surface area (Å²) in [5, 5.41) is 0. The van der Waals surface area contributed by atoms with Crippen molar-refractivity contribution < 1.29 is 0 Å². The van der Waals surface area contributed by atoms with Crippen LogP contribution in [0.15, 0.2) is 45.7 Å². The maximum atomic E-state index is 4.29. The number of nitrogens with zero attached hydrogens (tertiary/aromatic N) is 2. The molecule has 0 saturated carbocycles. The Morgan fingerprint density at radius 3 is 2.64 bits per heavy atom. The predicted octanol–water partition coefficient (Wildman–Crippen LogP) is 3.67. The highest BCUT2D eigenvalue weighted by atomic mass is 79.9. The Hall–Kier alpha value is -0.740. The van der Waals surface area contributed by atoms with E-state index in [1.54, 1.807) is 18.6 Å². The van der Waals surface area contributed by atoms with E-state index in [2.05, 4.69) is 41.8 Å². The van der Waals surface area contributed by atoms with Crippen molar-refractivity contribution in [1.82, 2.24) is 9.97 Å². The van der Waals surface area contributed by atoms with Gasteiger partial charge < -0.3 is 0 Å². The molecular formula is C10H6Br2N2. The third kappa shape index (κ3) is 1.86. The molecular weight excluding hydrogens is 308 g/mol. The van der Waals surface area contributed by atoms with Crippen molar-refractivity contribution in [2.24, 2.45) is 0 Å². The molecule has 2 rings (SSSR count). The Morgan fingerprint density at radius 1 is 1.07 bits per heavy atom. The van der Waals surface area contributed by atoms with Crippen molar-refractivity contribution in [1.29, 1.82) is 0 Å². The molecule has 0 N–H and O–H groups in total. The summed E-state index contributed by atoms with van der Waals surface area (Å²) in [7, 11) is 0. The average molecular weight is 314 g/mol. The van der Waals surface area contributed by atoms with Crippen LogP contribution in [0.3, 0.4) is 0 Å². The first-order chi connectivity index (χ1) is 6.79. The van der Waals surface area contributed by atoms with E-state index in [1.165, 1.54) is 0 Å². The SMILES string of the molecule is Brc1ccnc(-c2cccnc2)c1Br. The quantitative estimate of drug-likeness (QED) is 0.803. The third-order valence-corrected chi connectivity index (χ3v) is 3.77. The lowest BCUT2D eigenvalue weighted by Crippen LogP contribution is -1.86. The first-order valence-electron chi connectivity index (χ1n) is 3.99. The average Bonchev–Trinajstić information content (AvgIpc) is 2.23. The van der Waals surface area contributed by atoms with Crippen molar-refractivity contribution in [2.45, 2.75) is 0 Å². The van der Waals surface area contributed by atoms with E-state index in [0.29, 0.717) is 0 Å². The van der Waals surface area contributed by atoms with E-state index in [0.717, 1.165) is 20.2 Å². The van der Waals surface area contributed by atoms with E-state index in [4.69, 9.17) is 0 Å². The van der Waals surface area contributed by atoms with Gasteiger partial charge in [0.1, 0.15) is 0 Å². The molecule has 0 aliphatic heterocycles. The first kappa shape index (κ1) is 9.80. The van der Waals surface area contributed by atoms with Gasteiger partial charge in [-0.25, -0.2) is 0 Å². The van der Waals surface area contributed by atoms with Crippen LogP contribution in [0.2, 0.25) is 0 Å². The fourth-order valence-electron chi connectivity index (χ4n) is 1.12. The smallest absolute Gasteiger partial charge is 0.0870 e. The van der Waals surface area contributed by atoms with Gasteiger partial charge in [0.15, 0.2) is 0 Å². The molecule has 0 aromatic carbocycles. The molecule has 0 unspecified atom stereocenters. The Labute approximate surface area is 98.7 Å². The minimum Gasteiger partial charge on any atom is -0.264 e. The fraction of sp³-hybridized carbons (Fsp3) is 0. The highest BCUT2D eigenvalue weighted by Crippen LogP contribution is 2.31. The van der Waals surface area contributed by atoms with Gasteiger partial charge in [-0.2, -0.15) is 0 Å². The van der Waals surface area contributed by atoms with Crippen LogP contribution in [0.1, 0.15) is 0 Å². The minimum absolute atomic E-state index is 0.896. The van der Waals surface area contributed by atoms with Crippen LogP contribution < -0.4 is 0 Å². The van der Waals surface area contributed by atoms with Gasteiger partial charge in [-0.3, -0.25) is 9.97 Å². The molecule has 0 spiro atoms. The fourth-order valence-corrected chi connectivity index (χ4v) is 1.89. The van der Waals surface area contributed by atoms with Crippen LogP contribution >= 0.6 is 31.9 Å². The summed E-state index contributed by atoms with van der Waals surface area (Å²) in [4.78, 5) is 8.35. The summed E-state index contributed by atoms with van der Waals surface area (Å²) in [6.07, 6.45) is 5.30. The molecule has 14 heavy (non-hydrogen) atoms. The summed E-state index contributed by atoms with van der Waals surface area (Å²) < 4.78 is 1.94. The van der Waals surface area contributed by atoms with E-state index in [1.807, 2.05) is 18.2 Å². The second-order valence-electron chi connectivity index (χ2n) is 2.70. The van der Waals surface area contributed by atoms with Crippen LogP contribution in [-0.2, 0) is 0 Å². The molecule has 2 aromatic rings. The molecule has 70 valence electrons. The van der Waals surface area contributed by atoms with E-state index < -0.39 is 0 Å². The second kappa shape index (κ2) is 4.19. The van der Waals surface area contributed by atoms with Crippen LogP contribution in [0.4, 0.5) is 0 Å². The van der Waals surface area contributed by atoms with Crippen LogP contribution in [0, 0.1) is 0 Å². The number of hydrogen-bond donors (Lipinski definition) is 0. The van der Waals surface area contributed by atoms with Gasteiger partial charge in [-0.1, -0.05) is 0 Å². The van der Waals surface area contributed by atoms with Gasteiger partial charge >= 0.3 is 0 Å². The summed E-state index contributed by atoms with van der Waals surface area (Å²) in [6.45, 7) is 0. The lowest BCUT2D eigenvalue weighted by Gasteiger charge is -2.03. The zero-order valence-corrected chi connectivity index (χ0v) is 10.3. The lowest BCUT2D eigenvalue weighted by atomic mass is 10.2. The Morgan fingerprint density at radius 2 is 1.93 bits per heavy atom. The number of halogens is 2. The molecule has 0 saturated heterocycles. The van der Waals surface area contributed by atoms with Gasteiger partial charge in [0, 0.05) is 28.6 Å². The van der Waals surface area contributed by atoms with Crippen molar-refractivity contribution in [3.63, 3.8) is 0 Å². The Kier molecular flexibility index (Phi) is 2.93. The summed E-state index contributed by atoms with van der Waals surface area (Å²) in [5.41, 5.74) is 1.90. The van der Waals surface area contributed by atoms with Crippen LogP contribution in [-0.4, -0.2) is 9.97 Å². The lowest BCUT2D eigenvalue weighted by molar-refractivity contribution is 1.26. The molecule has 0 bridgehead atoms. The van der Waals surface area contributed by atoms with Gasteiger partial charge in [0.25, 0.3) is 0 Å². The van der Waals surface area contributed by atoms with Gasteiger partial charge in [0.2, 0.25) is 0 Å². The van der Waals surface area contributed by atoms with Crippen LogP contribution in [0.25, 0.3) is 11.3 Å². The monoisotopic (exact) mass is 312 g/mol. The summed E-state index contributed by atoms with van der Waals surface area (Å²) in [5.74, 6) is 0. The summed E-state index contributed by atoms with van der Waals surface area (Å²) >= 11 is 6.92. The van der Waals surface area contributed by atoms with Gasteiger partial charge in [0.05, 0.1) is 10.2 Å². The van der Waals surface area contributed by atoms with E-state index >= 15 is 0 Å². The predicted molar refractivity (Wildman–Crippen MR) is 62.9 cm³/mol. The highest BCUT2D eigenvalue weighted by molar-refractivity contribution is 9.13. The van der Waals surface area contributed by atoms with Crippen molar-refractivity contribution in [3.8, 4) is 11.3 Å². The number of rotatable bonds is 1. The maximum Gasteiger partial charge on any atom is 0.0870 e. The number of pyridine rings is 2. The minimum atomic E-state index is 0.896. The maximum absolute atomic E-state index is 4.29. The van der Waals surface area contributed by atoms with Gasteiger partial charge in [-0.05, 0) is 50.1 Å². The highest BCUT2D eigenvalue weighted by Gasteiger charge is 2.06. The van der Waals surface area contributed by atoms with Crippen molar-refractivity contribution in [2.75, 3.05) is 0 Å². The molecule has 0 atom stereocenters. The molecule has 2 aromatic heterocycles. The summed E-state index contributed by atoms with van der Waals surface area (Å²) in [6, 6.07) is 5.76. The zero-order chi connectivity index (χ0) is 9.97. The third-order valence-electron chi connectivity index (χ3n) is 1.78. The molecule has 4 heteroatoms. The van der Waals surface area contributed by atoms with Crippen molar-refractivity contribution >= 4 is 31.9 Å². The zero-order valence-electron chi connectivity index (χ0n) is 7.11. The van der Waals surface area contributed by atoms with E-state index in [9.17, 15) is 0 Å². The molecule has 2 heterocycles. The normalized spacial score (nSPS) is 10.1. The molecule has 0 aliphatic rings. The standard InChI is InChI=1S/C10H6Br2N2/c11-8-3-5-14-10(9(8)12)7-2-1-4-13-6-7/h1-6H. The second-order valence-corrected chi connectivity index (χ2v) is 4.34. The molecule has 0 amide bonds. The van der Waals surface area contributed by atoms with Crippen LogP contribution in [0.5, 0.6) is 0 Å².